The molecule has 29 heavy (non-hydrogen) atoms. The Labute approximate surface area is 173 Å². The molecule has 3 rings (SSSR count). The van der Waals surface area contributed by atoms with Crippen LogP contribution in [0.15, 0.2) is 72.5 Å². The van der Waals surface area contributed by atoms with Crippen molar-refractivity contribution in [2.75, 3.05) is 11.9 Å². The second kappa shape index (κ2) is 8.34. The highest BCUT2D eigenvalue weighted by Gasteiger charge is 2.31. The van der Waals surface area contributed by atoms with E-state index in [4.69, 9.17) is 11.1 Å². The van der Waals surface area contributed by atoms with Crippen molar-refractivity contribution in [3.8, 4) is 0 Å². The maximum Gasteiger partial charge on any atom is 0.130 e. The van der Waals surface area contributed by atoms with E-state index in [2.05, 4.69) is 43.4 Å². The zero-order chi connectivity index (χ0) is 21.1. The van der Waals surface area contributed by atoms with E-state index < -0.39 is 5.67 Å². The van der Waals surface area contributed by atoms with Crippen LogP contribution >= 0.6 is 0 Å². The number of nitrogens with one attached hydrogen (secondary N) is 2. The number of benzene rings is 2. The Morgan fingerprint density at radius 3 is 2.52 bits per heavy atom. The fourth-order valence-electron chi connectivity index (χ4n) is 3.81. The van der Waals surface area contributed by atoms with Gasteiger partial charge in [-0.05, 0) is 54.3 Å². The molecular weight excluding hydrogens is 361 g/mol. The van der Waals surface area contributed by atoms with Crippen molar-refractivity contribution in [2.45, 2.75) is 38.8 Å². The van der Waals surface area contributed by atoms with Gasteiger partial charge in [-0.1, -0.05) is 56.3 Å². The molecule has 0 saturated carbocycles. The quantitative estimate of drug-likeness (QED) is 0.524. The van der Waals surface area contributed by atoms with Gasteiger partial charge in [-0.15, -0.1) is 0 Å². The Hall–Kier alpha value is -2.72. The van der Waals surface area contributed by atoms with Crippen molar-refractivity contribution in [3.63, 3.8) is 0 Å². The monoisotopic (exact) mass is 391 g/mol. The van der Waals surface area contributed by atoms with Gasteiger partial charge in [-0.3, -0.25) is 0 Å². The summed E-state index contributed by atoms with van der Waals surface area (Å²) in [7, 11) is 0. The second-order valence-corrected chi connectivity index (χ2v) is 8.63. The van der Waals surface area contributed by atoms with Crippen LogP contribution < -0.4 is 11.1 Å². The molecule has 0 saturated heterocycles. The molecule has 4 heteroatoms. The highest BCUT2D eigenvalue weighted by atomic mass is 19.1. The van der Waals surface area contributed by atoms with Crippen molar-refractivity contribution in [3.05, 3.63) is 89.1 Å². The van der Waals surface area contributed by atoms with Gasteiger partial charge in [0.2, 0.25) is 0 Å². The molecule has 0 bridgehead atoms. The molecule has 0 aliphatic heterocycles. The molecule has 2 aromatic carbocycles. The van der Waals surface area contributed by atoms with Gasteiger partial charge >= 0.3 is 0 Å². The third-order valence-electron chi connectivity index (χ3n) is 5.62. The summed E-state index contributed by atoms with van der Waals surface area (Å²) in [6.45, 7) is 6.46. The van der Waals surface area contributed by atoms with Crippen molar-refractivity contribution in [1.82, 2.24) is 0 Å². The molecule has 2 aromatic rings. The standard InChI is InChI=1S/C25H30FN3/c1-24(2,17-28)23(18-7-5-4-6-8-18)19-9-10-22(20(15-19)16-27)29-21-11-13-25(3,26)14-12-21/h4-13,15-16,23,27,29H,14,17,28H2,1-3H3. The summed E-state index contributed by atoms with van der Waals surface area (Å²) in [6.07, 6.45) is 6.88. The van der Waals surface area contributed by atoms with Crippen LogP contribution in [0.4, 0.5) is 10.1 Å². The highest BCUT2D eigenvalue weighted by Crippen LogP contribution is 2.41. The average molecular weight is 392 g/mol. The Bertz CT molecular complexity index is 926. The molecule has 0 heterocycles. The Kier molecular flexibility index (Phi) is 6.04. The Morgan fingerprint density at radius 2 is 1.93 bits per heavy atom. The molecule has 152 valence electrons. The minimum Gasteiger partial charge on any atom is -0.355 e. The van der Waals surface area contributed by atoms with E-state index in [0.29, 0.717) is 13.0 Å². The number of alkyl halides is 1. The summed E-state index contributed by atoms with van der Waals surface area (Å²) in [5.74, 6) is 0.113. The summed E-state index contributed by atoms with van der Waals surface area (Å²) in [5.41, 5.74) is 9.49. The smallest absolute Gasteiger partial charge is 0.130 e. The molecule has 0 spiro atoms. The average Bonchev–Trinajstić information content (AvgIpc) is 2.71. The first-order chi connectivity index (χ1) is 13.8. The van der Waals surface area contributed by atoms with Gasteiger partial charge in [0.05, 0.1) is 0 Å². The predicted molar refractivity (Wildman–Crippen MR) is 120 cm³/mol. The molecule has 1 aliphatic carbocycles. The minimum atomic E-state index is -1.30. The van der Waals surface area contributed by atoms with Gasteiger partial charge in [0.1, 0.15) is 5.67 Å². The van der Waals surface area contributed by atoms with Gasteiger partial charge in [0, 0.05) is 35.5 Å². The van der Waals surface area contributed by atoms with Crippen LogP contribution in [0.1, 0.15) is 49.8 Å². The maximum atomic E-state index is 14.0. The first-order valence-electron chi connectivity index (χ1n) is 10.0. The largest absolute Gasteiger partial charge is 0.355 e. The van der Waals surface area contributed by atoms with E-state index in [1.54, 1.807) is 19.1 Å². The summed E-state index contributed by atoms with van der Waals surface area (Å²) < 4.78 is 14.0. The normalized spacial score (nSPS) is 20.1. The Balaban J connectivity index is 1.95. The first-order valence-corrected chi connectivity index (χ1v) is 10.0. The van der Waals surface area contributed by atoms with Gasteiger partial charge < -0.3 is 16.5 Å². The molecule has 0 amide bonds. The van der Waals surface area contributed by atoms with Crippen LogP contribution in [0.25, 0.3) is 0 Å². The fourth-order valence-corrected chi connectivity index (χ4v) is 3.81. The van der Waals surface area contributed by atoms with Crippen molar-refractivity contribution < 1.29 is 4.39 Å². The van der Waals surface area contributed by atoms with Crippen molar-refractivity contribution >= 4 is 11.9 Å². The van der Waals surface area contributed by atoms with Crippen LogP contribution in [0, 0.1) is 10.8 Å². The Morgan fingerprint density at radius 1 is 1.21 bits per heavy atom. The van der Waals surface area contributed by atoms with E-state index in [-0.39, 0.29) is 11.3 Å². The van der Waals surface area contributed by atoms with Crippen molar-refractivity contribution in [2.24, 2.45) is 11.1 Å². The summed E-state index contributed by atoms with van der Waals surface area (Å²) in [4.78, 5) is 0. The SMILES string of the molecule is CC1(F)C=CC(Nc2ccc(C(c3ccccc3)C(C)(C)CN)cc2C=N)=CC1. The summed E-state index contributed by atoms with van der Waals surface area (Å²) in [6, 6.07) is 16.5. The molecule has 2 unspecified atom stereocenters. The number of hydrogen-bond donors (Lipinski definition) is 3. The zero-order valence-electron chi connectivity index (χ0n) is 17.4. The van der Waals surface area contributed by atoms with Crippen molar-refractivity contribution in [1.29, 1.82) is 5.41 Å². The summed E-state index contributed by atoms with van der Waals surface area (Å²) in [5, 5.41) is 11.2. The van der Waals surface area contributed by atoms with Gasteiger partial charge in [-0.25, -0.2) is 4.39 Å². The fraction of sp³-hybridized carbons (Fsp3) is 0.320. The first kappa shape index (κ1) is 21.0. The molecular formula is C25H30FN3. The molecule has 4 N–H and O–H groups in total. The molecule has 1 aliphatic rings. The van der Waals surface area contributed by atoms with Crippen LogP contribution in [0.3, 0.4) is 0 Å². The third kappa shape index (κ3) is 4.83. The van der Waals surface area contributed by atoms with E-state index >= 15 is 0 Å². The lowest BCUT2D eigenvalue weighted by atomic mass is 9.71. The second-order valence-electron chi connectivity index (χ2n) is 8.63. The topological polar surface area (TPSA) is 61.9 Å². The number of anilines is 1. The zero-order valence-corrected chi connectivity index (χ0v) is 17.4. The number of rotatable bonds is 7. The van der Waals surface area contributed by atoms with Crippen LogP contribution in [0.5, 0.6) is 0 Å². The molecule has 3 nitrogen and oxygen atoms in total. The molecule has 0 radical (unpaired) electrons. The van der Waals surface area contributed by atoms with Crippen LogP contribution in [-0.4, -0.2) is 18.4 Å². The molecule has 2 atom stereocenters. The van der Waals surface area contributed by atoms with E-state index in [0.717, 1.165) is 22.5 Å². The van der Waals surface area contributed by atoms with Crippen LogP contribution in [0.2, 0.25) is 0 Å². The molecule has 0 aromatic heterocycles. The van der Waals surface area contributed by atoms with Gasteiger partial charge in [-0.2, -0.15) is 0 Å². The minimum absolute atomic E-state index is 0.113. The third-order valence-corrected chi connectivity index (χ3v) is 5.62. The lowest BCUT2D eigenvalue weighted by Gasteiger charge is -2.34. The van der Waals surface area contributed by atoms with Gasteiger partial charge in [0.15, 0.2) is 0 Å². The van der Waals surface area contributed by atoms with Crippen LogP contribution in [-0.2, 0) is 0 Å². The summed E-state index contributed by atoms with van der Waals surface area (Å²) >= 11 is 0. The molecule has 0 fully saturated rings. The van der Waals surface area contributed by atoms with E-state index in [1.807, 2.05) is 30.3 Å². The van der Waals surface area contributed by atoms with E-state index in [1.165, 1.54) is 11.8 Å². The van der Waals surface area contributed by atoms with E-state index in [9.17, 15) is 4.39 Å². The lowest BCUT2D eigenvalue weighted by molar-refractivity contribution is 0.259. The number of hydrogen-bond acceptors (Lipinski definition) is 3. The predicted octanol–water partition coefficient (Wildman–Crippen LogP) is 5.78. The lowest BCUT2D eigenvalue weighted by Crippen LogP contribution is -2.31. The number of allylic oxidation sites excluding steroid dienone is 3. The highest BCUT2D eigenvalue weighted by molar-refractivity contribution is 5.87. The number of halogens is 1. The van der Waals surface area contributed by atoms with Gasteiger partial charge in [0.25, 0.3) is 0 Å². The number of nitrogens with two attached hydrogens (primary N) is 1. The maximum absolute atomic E-state index is 14.0.